The fourth-order valence-corrected chi connectivity index (χ4v) is 3.10. The topological polar surface area (TPSA) is 128 Å². The third kappa shape index (κ3) is 4.97. The van der Waals surface area contributed by atoms with E-state index in [0.29, 0.717) is 45.7 Å². The van der Waals surface area contributed by atoms with Gasteiger partial charge in [-0.05, 0) is 42.8 Å². The molecule has 0 aliphatic heterocycles. The van der Waals surface area contributed by atoms with Crippen molar-refractivity contribution < 1.29 is 23.2 Å². The molecule has 0 saturated heterocycles. The van der Waals surface area contributed by atoms with Crippen LogP contribution in [-0.4, -0.2) is 45.4 Å². The third-order valence-corrected chi connectivity index (χ3v) is 4.85. The Labute approximate surface area is 188 Å². The molecular weight excluding hydrogens is 431 g/mol. The summed E-state index contributed by atoms with van der Waals surface area (Å²) in [5, 5.41) is 13.3. The van der Waals surface area contributed by atoms with Crippen molar-refractivity contribution in [2.75, 3.05) is 19.5 Å². The predicted molar refractivity (Wildman–Crippen MR) is 116 cm³/mol. The summed E-state index contributed by atoms with van der Waals surface area (Å²) in [6.45, 7) is 1.66. The highest BCUT2D eigenvalue weighted by Gasteiger charge is 2.15. The van der Waals surface area contributed by atoms with Crippen LogP contribution in [0.15, 0.2) is 40.9 Å². The Morgan fingerprint density at radius 3 is 2.76 bits per heavy atom. The summed E-state index contributed by atoms with van der Waals surface area (Å²) in [5.41, 5.74) is 1.78. The van der Waals surface area contributed by atoms with E-state index in [0.717, 1.165) is 0 Å². The quantitative estimate of drug-likeness (QED) is 0.415. The van der Waals surface area contributed by atoms with Gasteiger partial charge in [0.1, 0.15) is 17.3 Å². The smallest absolute Gasteiger partial charge is 0.249 e. The number of ether oxygens (including phenoxy) is 2. The molecule has 0 atom stereocenters. The summed E-state index contributed by atoms with van der Waals surface area (Å²) in [5.74, 6) is 1.75. The van der Waals surface area contributed by atoms with Crippen LogP contribution in [0.4, 0.5) is 10.3 Å². The average molecular weight is 452 g/mol. The van der Waals surface area contributed by atoms with E-state index in [4.69, 9.17) is 14.0 Å². The Kier molecular flexibility index (Phi) is 6.29. The van der Waals surface area contributed by atoms with Gasteiger partial charge in [0, 0.05) is 24.5 Å². The molecule has 4 rings (SSSR count). The maximum absolute atomic E-state index is 13.4. The standard InChI is InChI=1S/C22H21FN6O4/c1-12-10-13(4-7-16(12)23)20-25-19(33-29-20)9-8-18(30)24-22-26-21(27-28-22)15-6-5-14(31-2)11-17(15)32-3/h4-7,10-11H,8-9H2,1-3H3,(H2,24,26,27,28,30). The van der Waals surface area contributed by atoms with Crippen molar-refractivity contribution in [2.45, 2.75) is 19.8 Å². The highest BCUT2D eigenvalue weighted by atomic mass is 19.1. The summed E-state index contributed by atoms with van der Waals surface area (Å²) < 4.78 is 29.2. The van der Waals surface area contributed by atoms with Gasteiger partial charge in [-0.2, -0.15) is 9.97 Å². The van der Waals surface area contributed by atoms with Gasteiger partial charge < -0.3 is 14.0 Å². The molecule has 1 amide bonds. The Morgan fingerprint density at radius 2 is 2.00 bits per heavy atom. The first kappa shape index (κ1) is 21.9. The molecule has 2 aromatic carbocycles. The number of benzene rings is 2. The number of aryl methyl sites for hydroxylation is 2. The van der Waals surface area contributed by atoms with Crippen LogP contribution >= 0.6 is 0 Å². The number of nitrogens with one attached hydrogen (secondary N) is 2. The van der Waals surface area contributed by atoms with Crippen LogP contribution in [0, 0.1) is 12.7 Å². The molecule has 0 unspecified atom stereocenters. The number of hydrogen-bond acceptors (Lipinski definition) is 8. The molecule has 11 heteroatoms. The van der Waals surface area contributed by atoms with Crippen LogP contribution < -0.4 is 14.8 Å². The van der Waals surface area contributed by atoms with Crippen molar-refractivity contribution in [3.05, 3.63) is 53.7 Å². The predicted octanol–water partition coefficient (Wildman–Crippen LogP) is 3.56. The molecule has 170 valence electrons. The van der Waals surface area contributed by atoms with E-state index in [9.17, 15) is 9.18 Å². The zero-order valence-electron chi connectivity index (χ0n) is 18.2. The number of aromatic nitrogens is 5. The van der Waals surface area contributed by atoms with Gasteiger partial charge in [-0.15, -0.1) is 5.10 Å². The molecule has 2 heterocycles. The molecule has 0 bridgehead atoms. The van der Waals surface area contributed by atoms with Crippen molar-refractivity contribution in [2.24, 2.45) is 0 Å². The number of amides is 1. The van der Waals surface area contributed by atoms with Crippen molar-refractivity contribution in [3.8, 4) is 34.3 Å². The molecule has 4 aromatic rings. The molecule has 2 aromatic heterocycles. The Balaban J connectivity index is 1.36. The lowest BCUT2D eigenvalue weighted by atomic mass is 10.1. The lowest BCUT2D eigenvalue weighted by Crippen LogP contribution is -2.13. The summed E-state index contributed by atoms with van der Waals surface area (Å²) >= 11 is 0. The molecule has 0 radical (unpaired) electrons. The fourth-order valence-electron chi connectivity index (χ4n) is 3.10. The van der Waals surface area contributed by atoms with Crippen LogP contribution in [0.5, 0.6) is 11.5 Å². The van der Waals surface area contributed by atoms with E-state index in [1.165, 1.54) is 13.2 Å². The summed E-state index contributed by atoms with van der Waals surface area (Å²) in [4.78, 5) is 20.9. The number of nitrogens with zero attached hydrogens (tertiary/aromatic N) is 4. The maximum atomic E-state index is 13.4. The number of carbonyl (C=O) groups is 1. The van der Waals surface area contributed by atoms with Crippen LogP contribution in [0.3, 0.4) is 0 Å². The molecule has 2 N–H and O–H groups in total. The summed E-state index contributed by atoms with van der Waals surface area (Å²) in [6, 6.07) is 9.82. The average Bonchev–Trinajstić information content (AvgIpc) is 3.49. The molecule has 10 nitrogen and oxygen atoms in total. The molecule has 0 spiro atoms. The second kappa shape index (κ2) is 9.47. The molecule has 33 heavy (non-hydrogen) atoms. The SMILES string of the molecule is COc1ccc(-c2nc(NC(=O)CCc3nc(-c4ccc(F)c(C)c4)no3)n[nH]2)c(OC)c1. The zero-order chi connectivity index (χ0) is 23.4. The Bertz CT molecular complexity index is 1290. The normalized spacial score (nSPS) is 10.8. The van der Waals surface area contributed by atoms with Gasteiger partial charge in [0.05, 0.1) is 19.8 Å². The van der Waals surface area contributed by atoms with E-state index in [1.54, 1.807) is 44.4 Å². The van der Waals surface area contributed by atoms with Gasteiger partial charge in [0.25, 0.3) is 0 Å². The van der Waals surface area contributed by atoms with Gasteiger partial charge in [-0.1, -0.05) is 5.16 Å². The number of carbonyl (C=O) groups excluding carboxylic acids is 1. The number of aromatic amines is 1. The Morgan fingerprint density at radius 1 is 1.15 bits per heavy atom. The molecule has 0 fully saturated rings. The third-order valence-electron chi connectivity index (χ3n) is 4.85. The van der Waals surface area contributed by atoms with Crippen molar-refractivity contribution >= 4 is 11.9 Å². The monoisotopic (exact) mass is 452 g/mol. The largest absolute Gasteiger partial charge is 0.497 e. The van der Waals surface area contributed by atoms with E-state index in [-0.39, 0.29) is 30.5 Å². The summed E-state index contributed by atoms with van der Waals surface area (Å²) in [7, 11) is 3.10. The van der Waals surface area contributed by atoms with Gasteiger partial charge in [0.15, 0.2) is 5.82 Å². The number of halogens is 1. The van der Waals surface area contributed by atoms with Gasteiger partial charge in [0.2, 0.25) is 23.6 Å². The van der Waals surface area contributed by atoms with E-state index in [1.807, 2.05) is 0 Å². The van der Waals surface area contributed by atoms with E-state index < -0.39 is 0 Å². The van der Waals surface area contributed by atoms with Gasteiger partial charge in [-0.3, -0.25) is 15.2 Å². The number of rotatable bonds is 8. The molecule has 0 aliphatic carbocycles. The minimum Gasteiger partial charge on any atom is -0.497 e. The Hall–Kier alpha value is -4.28. The van der Waals surface area contributed by atoms with Crippen molar-refractivity contribution in [3.63, 3.8) is 0 Å². The molecule has 0 aliphatic rings. The molecular formula is C22H21FN6O4. The fraction of sp³-hybridized carbons (Fsp3) is 0.227. The second-order valence-electron chi connectivity index (χ2n) is 7.10. The highest BCUT2D eigenvalue weighted by molar-refractivity contribution is 5.89. The van der Waals surface area contributed by atoms with E-state index in [2.05, 4.69) is 30.6 Å². The number of anilines is 1. The van der Waals surface area contributed by atoms with Crippen LogP contribution in [0.2, 0.25) is 0 Å². The lowest BCUT2D eigenvalue weighted by Gasteiger charge is -2.07. The first-order chi connectivity index (χ1) is 16.0. The van der Waals surface area contributed by atoms with Crippen LogP contribution in [0.1, 0.15) is 17.9 Å². The number of H-pyrrole nitrogens is 1. The van der Waals surface area contributed by atoms with E-state index >= 15 is 0 Å². The number of hydrogen-bond donors (Lipinski definition) is 2. The van der Waals surface area contributed by atoms with Crippen LogP contribution in [-0.2, 0) is 11.2 Å². The minimum absolute atomic E-state index is 0.0831. The second-order valence-corrected chi connectivity index (χ2v) is 7.10. The first-order valence-electron chi connectivity index (χ1n) is 10.0. The zero-order valence-corrected chi connectivity index (χ0v) is 18.2. The highest BCUT2D eigenvalue weighted by Crippen LogP contribution is 2.31. The van der Waals surface area contributed by atoms with Gasteiger partial charge in [-0.25, -0.2) is 4.39 Å². The summed E-state index contributed by atoms with van der Waals surface area (Å²) in [6.07, 6.45) is 0.308. The van der Waals surface area contributed by atoms with Crippen molar-refractivity contribution in [1.29, 1.82) is 0 Å². The van der Waals surface area contributed by atoms with Gasteiger partial charge >= 0.3 is 0 Å². The van der Waals surface area contributed by atoms with Crippen LogP contribution in [0.25, 0.3) is 22.8 Å². The molecule has 0 saturated carbocycles. The first-order valence-corrected chi connectivity index (χ1v) is 10.0. The van der Waals surface area contributed by atoms with Crippen molar-refractivity contribution in [1.82, 2.24) is 25.3 Å². The lowest BCUT2D eigenvalue weighted by molar-refractivity contribution is -0.116. The number of methoxy groups -OCH3 is 2. The minimum atomic E-state index is -0.320. The maximum Gasteiger partial charge on any atom is 0.249 e.